The Balaban J connectivity index is 2.95. The van der Waals surface area contributed by atoms with Crippen LogP contribution in [0.25, 0.3) is 0 Å². The molecule has 0 unspecified atom stereocenters. The first-order valence-electron chi connectivity index (χ1n) is 7.56. The van der Waals surface area contributed by atoms with E-state index in [9.17, 15) is 0 Å². The van der Waals surface area contributed by atoms with Gasteiger partial charge in [-0.2, -0.15) is 0 Å². The lowest BCUT2D eigenvalue weighted by atomic mass is 10.2. The predicted molar refractivity (Wildman–Crippen MR) is 80.2 cm³/mol. The topological polar surface area (TPSA) is 24.5 Å². The number of hydrogen-bond acceptors (Lipinski definition) is 3. The van der Waals surface area contributed by atoms with Gasteiger partial charge in [-0.05, 0) is 58.9 Å². The Bertz CT molecular complexity index is 143. The molecule has 0 spiro atoms. The van der Waals surface area contributed by atoms with Crippen LogP contribution in [0.3, 0.4) is 0 Å². The van der Waals surface area contributed by atoms with Gasteiger partial charge in [0.15, 0.2) is 0 Å². The first-order chi connectivity index (χ1) is 8.63. The number of nitrogens with one attached hydrogen (secondary N) is 1. The van der Waals surface area contributed by atoms with Crippen LogP contribution in [0.2, 0.25) is 0 Å². The molecule has 0 radical (unpaired) electrons. The van der Waals surface area contributed by atoms with Crippen molar-refractivity contribution in [3.05, 3.63) is 0 Å². The number of ether oxygens (including phenoxy) is 1. The van der Waals surface area contributed by atoms with Gasteiger partial charge >= 0.3 is 0 Å². The summed E-state index contributed by atoms with van der Waals surface area (Å²) in [5.41, 5.74) is 0. The molecule has 110 valence electrons. The van der Waals surface area contributed by atoms with Gasteiger partial charge in [-0.3, -0.25) is 0 Å². The molecule has 0 aromatic rings. The van der Waals surface area contributed by atoms with Crippen LogP contribution >= 0.6 is 0 Å². The largest absolute Gasteiger partial charge is 0.381 e. The average molecular weight is 258 g/mol. The number of unbranched alkanes of at least 4 members (excludes halogenated alkanes) is 3. The summed E-state index contributed by atoms with van der Waals surface area (Å²) in [6.45, 7) is 9.79. The van der Waals surface area contributed by atoms with Gasteiger partial charge in [0, 0.05) is 13.2 Å². The van der Waals surface area contributed by atoms with E-state index in [4.69, 9.17) is 4.74 Å². The summed E-state index contributed by atoms with van der Waals surface area (Å²) in [4.78, 5) is 2.20. The van der Waals surface area contributed by atoms with E-state index in [2.05, 4.69) is 38.2 Å². The molecular formula is C15H34N2O. The Morgan fingerprint density at radius 3 is 2.28 bits per heavy atom. The summed E-state index contributed by atoms with van der Waals surface area (Å²) in [6, 6.07) is 0. The highest BCUT2D eigenvalue weighted by molar-refractivity contribution is 4.52. The molecule has 0 heterocycles. The molecular weight excluding hydrogens is 224 g/mol. The molecule has 0 atom stereocenters. The van der Waals surface area contributed by atoms with Crippen molar-refractivity contribution in [1.82, 2.24) is 10.2 Å². The highest BCUT2D eigenvalue weighted by atomic mass is 16.5. The standard InChI is InChI=1S/C15H34N2O/c1-15(2)14-16-10-7-5-6-8-12-18-13-9-11-17(3)4/h15-16H,5-14H2,1-4H3. The maximum atomic E-state index is 5.60. The number of rotatable bonds is 13. The van der Waals surface area contributed by atoms with Gasteiger partial charge in [0.2, 0.25) is 0 Å². The lowest BCUT2D eigenvalue weighted by Crippen LogP contribution is -2.20. The van der Waals surface area contributed by atoms with Crippen LogP contribution in [0.4, 0.5) is 0 Å². The van der Waals surface area contributed by atoms with Gasteiger partial charge in [-0.1, -0.05) is 26.7 Å². The van der Waals surface area contributed by atoms with Crippen LogP contribution in [0.5, 0.6) is 0 Å². The fourth-order valence-corrected chi connectivity index (χ4v) is 1.78. The van der Waals surface area contributed by atoms with Crippen LogP contribution < -0.4 is 5.32 Å². The molecule has 0 aliphatic rings. The second kappa shape index (κ2) is 13.3. The van der Waals surface area contributed by atoms with E-state index in [1.165, 1.54) is 32.2 Å². The Kier molecular flexibility index (Phi) is 13.2. The van der Waals surface area contributed by atoms with Crippen molar-refractivity contribution in [2.45, 2.75) is 46.0 Å². The van der Waals surface area contributed by atoms with E-state index in [0.717, 1.165) is 38.6 Å². The summed E-state index contributed by atoms with van der Waals surface area (Å²) in [6.07, 6.45) is 6.29. The Morgan fingerprint density at radius 1 is 0.944 bits per heavy atom. The SMILES string of the molecule is CC(C)CNCCCCCCOCCCN(C)C. The number of nitrogens with zero attached hydrogens (tertiary/aromatic N) is 1. The van der Waals surface area contributed by atoms with Gasteiger partial charge in [0.05, 0.1) is 0 Å². The second-order valence-electron chi connectivity index (χ2n) is 5.78. The van der Waals surface area contributed by atoms with Crippen molar-refractivity contribution < 1.29 is 4.74 Å². The lowest BCUT2D eigenvalue weighted by molar-refractivity contribution is 0.122. The van der Waals surface area contributed by atoms with Crippen LogP contribution in [0.1, 0.15) is 46.0 Å². The van der Waals surface area contributed by atoms with Crippen LogP contribution in [0.15, 0.2) is 0 Å². The van der Waals surface area contributed by atoms with Crippen molar-refractivity contribution >= 4 is 0 Å². The van der Waals surface area contributed by atoms with Gasteiger partial charge in [-0.15, -0.1) is 0 Å². The smallest absolute Gasteiger partial charge is 0.0478 e. The lowest BCUT2D eigenvalue weighted by Gasteiger charge is -2.09. The van der Waals surface area contributed by atoms with E-state index in [0.29, 0.717) is 0 Å². The van der Waals surface area contributed by atoms with Crippen LogP contribution in [-0.2, 0) is 4.74 Å². The zero-order valence-electron chi connectivity index (χ0n) is 13.0. The third-order valence-electron chi connectivity index (χ3n) is 2.84. The van der Waals surface area contributed by atoms with E-state index in [1.807, 2.05) is 0 Å². The Morgan fingerprint density at radius 2 is 1.61 bits per heavy atom. The minimum absolute atomic E-state index is 0.764. The quantitative estimate of drug-likeness (QED) is 0.514. The van der Waals surface area contributed by atoms with Crippen LogP contribution in [-0.4, -0.2) is 51.8 Å². The monoisotopic (exact) mass is 258 g/mol. The molecule has 3 heteroatoms. The highest BCUT2D eigenvalue weighted by Gasteiger charge is 1.94. The molecule has 0 rings (SSSR count). The van der Waals surface area contributed by atoms with E-state index >= 15 is 0 Å². The molecule has 0 saturated carbocycles. The van der Waals surface area contributed by atoms with Crippen molar-refractivity contribution in [2.75, 3.05) is 46.9 Å². The maximum absolute atomic E-state index is 5.60. The normalized spacial score (nSPS) is 11.7. The minimum Gasteiger partial charge on any atom is -0.381 e. The van der Waals surface area contributed by atoms with Crippen molar-refractivity contribution in [1.29, 1.82) is 0 Å². The first kappa shape index (κ1) is 17.9. The van der Waals surface area contributed by atoms with Crippen LogP contribution in [0, 0.1) is 5.92 Å². The van der Waals surface area contributed by atoms with Crippen molar-refractivity contribution in [3.8, 4) is 0 Å². The van der Waals surface area contributed by atoms with E-state index in [-0.39, 0.29) is 0 Å². The third-order valence-corrected chi connectivity index (χ3v) is 2.84. The Labute approximate surface area is 114 Å². The maximum Gasteiger partial charge on any atom is 0.0478 e. The van der Waals surface area contributed by atoms with E-state index < -0.39 is 0 Å². The molecule has 0 aliphatic heterocycles. The zero-order chi connectivity index (χ0) is 13.6. The van der Waals surface area contributed by atoms with Gasteiger partial charge < -0.3 is 15.0 Å². The van der Waals surface area contributed by atoms with Gasteiger partial charge in [0.25, 0.3) is 0 Å². The van der Waals surface area contributed by atoms with Gasteiger partial charge in [-0.25, -0.2) is 0 Å². The third kappa shape index (κ3) is 15.9. The predicted octanol–water partition coefficient (Wildman–Crippen LogP) is 2.76. The molecule has 0 amide bonds. The molecule has 0 fully saturated rings. The first-order valence-corrected chi connectivity index (χ1v) is 7.56. The van der Waals surface area contributed by atoms with Crippen molar-refractivity contribution in [3.63, 3.8) is 0 Å². The van der Waals surface area contributed by atoms with Gasteiger partial charge in [0.1, 0.15) is 0 Å². The summed E-state index contributed by atoms with van der Waals surface area (Å²) in [5.74, 6) is 0.764. The number of hydrogen-bond donors (Lipinski definition) is 1. The van der Waals surface area contributed by atoms with Crippen molar-refractivity contribution in [2.24, 2.45) is 5.92 Å². The molecule has 0 aromatic carbocycles. The highest BCUT2D eigenvalue weighted by Crippen LogP contribution is 2.00. The summed E-state index contributed by atoms with van der Waals surface area (Å²) in [7, 11) is 4.21. The molecule has 0 aromatic heterocycles. The fraction of sp³-hybridized carbons (Fsp3) is 1.00. The summed E-state index contributed by atoms with van der Waals surface area (Å²) < 4.78 is 5.60. The molecule has 1 N–H and O–H groups in total. The molecule has 0 bridgehead atoms. The fourth-order valence-electron chi connectivity index (χ4n) is 1.78. The summed E-state index contributed by atoms with van der Waals surface area (Å²) >= 11 is 0. The van der Waals surface area contributed by atoms with E-state index in [1.54, 1.807) is 0 Å². The minimum atomic E-state index is 0.764. The summed E-state index contributed by atoms with van der Waals surface area (Å²) in [5, 5.41) is 3.48. The molecule has 18 heavy (non-hydrogen) atoms. The zero-order valence-corrected chi connectivity index (χ0v) is 13.0. The average Bonchev–Trinajstić information content (AvgIpc) is 2.29. The molecule has 3 nitrogen and oxygen atoms in total. The second-order valence-corrected chi connectivity index (χ2v) is 5.78. The molecule has 0 saturated heterocycles. The molecule has 0 aliphatic carbocycles. The Hall–Kier alpha value is -0.120.